The minimum Gasteiger partial charge on any atom is -0.478 e. The van der Waals surface area contributed by atoms with Crippen LogP contribution in [0.3, 0.4) is 0 Å². The van der Waals surface area contributed by atoms with Crippen molar-refractivity contribution >= 4 is 11.8 Å². The first-order valence-electron chi connectivity index (χ1n) is 6.63. The van der Waals surface area contributed by atoms with Crippen LogP contribution in [0.15, 0.2) is 36.5 Å². The van der Waals surface area contributed by atoms with E-state index in [0.717, 1.165) is 24.3 Å². The monoisotopic (exact) mass is 279 g/mol. The molecule has 5 heteroatoms. The number of aromatic carboxylic acids is 1. The van der Waals surface area contributed by atoms with E-state index in [0.29, 0.717) is 17.7 Å². The quantitative estimate of drug-likeness (QED) is 0.912. The lowest BCUT2D eigenvalue weighted by atomic mass is 9.97. The zero-order chi connectivity index (χ0) is 14.8. The van der Waals surface area contributed by atoms with Crippen LogP contribution in [0.1, 0.15) is 27.0 Å². The molecule has 1 aromatic carbocycles. The highest BCUT2D eigenvalue weighted by molar-refractivity contribution is 5.88. The lowest BCUT2D eigenvalue weighted by Crippen LogP contribution is -2.31. The average Bonchev–Trinajstić information content (AvgIpc) is 2.54. The molecule has 1 aromatic heterocycles. The summed E-state index contributed by atoms with van der Waals surface area (Å²) in [5, 5.41) is 17.9. The average molecular weight is 279 g/mol. The van der Waals surface area contributed by atoms with Crippen LogP contribution >= 0.6 is 0 Å². The van der Waals surface area contributed by atoms with Gasteiger partial charge in [0.05, 0.1) is 11.1 Å². The van der Waals surface area contributed by atoms with E-state index in [2.05, 4.69) is 9.88 Å². The van der Waals surface area contributed by atoms with E-state index in [1.165, 1.54) is 5.56 Å². The standard InChI is InChI=1S/C16H13N3O2/c17-8-11-1-4-15(18-9-11)19-6-5-12-2-3-13(16(20)21)7-14(12)10-19/h1-4,7,9H,5-6,10H2,(H,20,21). The molecule has 0 saturated heterocycles. The van der Waals surface area contributed by atoms with E-state index in [-0.39, 0.29) is 0 Å². The Morgan fingerprint density at radius 2 is 2.14 bits per heavy atom. The molecule has 0 amide bonds. The van der Waals surface area contributed by atoms with Gasteiger partial charge in [0, 0.05) is 19.3 Å². The van der Waals surface area contributed by atoms with Gasteiger partial charge in [-0.1, -0.05) is 6.07 Å². The topological polar surface area (TPSA) is 77.2 Å². The first-order chi connectivity index (χ1) is 10.2. The van der Waals surface area contributed by atoms with Crippen molar-refractivity contribution in [1.29, 1.82) is 5.26 Å². The molecule has 5 nitrogen and oxygen atoms in total. The number of carboxylic acids is 1. The number of hydrogen-bond acceptors (Lipinski definition) is 4. The number of rotatable bonds is 2. The first-order valence-corrected chi connectivity index (χ1v) is 6.63. The van der Waals surface area contributed by atoms with Gasteiger partial charge < -0.3 is 10.0 Å². The number of carboxylic acid groups (broad SMARTS) is 1. The number of benzene rings is 1. The Balaban J connectivity index is 1.87. The van der Waals surface area contributed by atoms with Gasteiger partial charge in [-0.3, -0.25) is 0 Å². The van der Waals surface area contributed by atoms with Crippen molar-refractivity contribution in [3.63, 3.8) is 0 Å². The summed E-state index contributed by atoms with van der Waals surface area (Å²) in [4.78, 5) is 17.4. The van der Waals surface area contributed by atoms with Crippen molar-refractivity contribution in [2.45, 2.75) is 13.0 Å². The van der Waals surface area contributed by atoms with Crippen LogP contribution in [-0.2, 0) is 13.0 Å². The van der Waals surface area contributed by atoms with E-state index >= 15 is 0 Å². The number of anilines is 1. The van der Waals surface area contributed by atoms with Crippen LogP contribution in [0.25, 0.3) is 0 Å². The largest absolute Gasteiger partial charge is 0.478 e. The second-order valence-electron chi connectivity index (χ2n) is 4.98. The van der Waals surface area contributed by atoms with E-state index < -0.39 is 5.97 Å². The number of pyridine rings is 1. The molecule has 1 aliphatic rings. The molecule has 3 rings (SSSR count). The zero-order valence-electron chi connectivity index (χ0n) is 11.3. The van der Waals surface area contributed by atoms with E-state index in [1.54, 1.807) is 24.4 Å². The van der Waals surface area contributed by atoms with Crippen LogP contribution in [0.5, 0.6) is 0 Å². The van der Waals surface area contributed by atoms with Crippen LogP contribution in [0.4, 0.5) is 5.82 Å². The molecular formula is C16H13N3O2. The summed E-state index contributed by atoms with van der Waals surface area (Å²) < 4.78 is 0. The predicted octanol–water partition coefficient (Wildman–Crippen LogP) is 2.21. The maximum absolute atomic E-state index is 11.1. The minimum atomic E-state index is -0.911. The van der Waals surface area contributed by atoms with Crippen molar-refractivity contribution in [3.05, 3.63) is 58.8 Å². The van der Waals surface area contributed by atoms with Crippen LogP contribution in [-0.4, -0.2) is 22.6 Å². The van der Waals surface area contributed by atoms with Gasteiger partial charge in [-0.2, -0.15) is 5.26 Å². The third-order valence-electron chi connectivity index (χ3n) is 3.67. The van der Waals surface area contributed by atoms with Crippen molar-refractivity contribution in [2.75, 3.05) is 11.4 Å². The molecule has 0 fully saturated rings. The summed E-state index contributed by atoms with van der Waals surface area (Å²) >= 11 is 0. The third-order valence-corrected chi connectivity index (χ3v) is 3.67. The Labute approximate surface area is 122 Å². The molecule has 1 aliphatic heterocycles. The highest BCUT2D eigenvalue weighted by Gasteiger charge is 2.18. The molecule has 1 N–H and O–H groups in total. The Kier molecular flexibility index (Phi) is 3.28. The molecule has 0 radical (unpaired) electrons. The normalized spacial score (nSPS) is 13.4. The number of aromatic nitrogens is 1. The number of hydrogen-bond donors (Lipinski definition) is 1. The Morgan fingerprint density at radius 1 is 1.29 bits per heavy atom. The summed E-state index contributed by atoms with van der Waals surface area (Å²) in [6.07, 6.45) is 2.41. The maximum Gasteiger partial charge on any atom is 0.335 e. The summed E-state index contributed by atoms with van der Waals surface area (Å²) in [5.41, 5.74) is 3.05. The van der Waals surface area contributed by atoms with E-state index in [4.69, 9.17) is 10.4 Å². The SMILES string of the molecule is N#Cc1ccc(N2CCc3ccc(C(=O)O)cc3C2)nc1. The van der Waals surface area contributed by atoms with Gasteiger partial charge in [-0.25, -0.2) is 9.78 Å². The highest BCUT2D eigenvalue weighted by Crippen LogP contribution is 2.24. The maximum atomic E-state index is 11.1. The summed E-state index contributed by atoms with van der Waals surface area (Å²) in [7, 11) is 0. The molecule has 0 aliphatic carbocycles. The summed E-state index contributed by atoms with van der Waals surface area (Å²) in [5.74, 6) is -0.105. The van der Waals surface area contributed by atoms with Gasteiger partial charge in [0.15, 0.2) is 0 Å². The van der Waals surface area contributed by atoms with E-state index in [9.17, 15) is 4.79 Å². The second kappa shape index (κ2) is 5.25. The highest BCUT2D eigenvalue weighted by atomic mass is 16.4. The molecule has 2 heterocycles. The van der Waals surface area contributed by atoms with Gasteiger partial charge >= 0.3 is 5.97 Å². The fraction of sp³-hybridized carbons (Fsp3) is 0.188. The molecule has 104 valence electrons. The smallest absolute Gasteiger partial charge is 0.335 e. The molecule has 21 heavy (non-hydrogen) atoms. The van der Waals surface area contributed by atoms with Gasteiger partial charge in [0.2, 0.25) is 0 Å². The fourth-order valence-corrected chi connectivity index (χ4v) is 2.52. The van der Waals surface area contributed by atoms with Crippen molar-refractivity contribution in [1.82, 2.24) is 4.98 Å². The van der Waals surface area contributed by atoms with E-state index in [1.807, 2.05) is 18.2 Å². The van der Waals surface area contributed by atoms with Crippen LogP contribution in [0.2, 0.25) is 0 Å². The van der Waals surface area contributed by atoms with Crippen molar-refractivity contribution in [3.8, 4) is 6.07 Å². The summed E-state index contributed by atoms with van der Waals surface area (Å²) in [6.45, 7) is 1.47. The zero-order valence-corrected chi connectivity index (χ0v) is 11.3. The van der Waals surface area contributed by atoms with Gasteiger partial charge in [0.25, 0.3) is 0 Å². The van der Waals surface area contributed by atoms with Crippen LogP contribution < -0.4 is 4.90 Å². The number of fused-ring (bicyclic) bond motifs is 1. The van der Waals surface area contributed by atoms with Crippen molar-refractivity contribution < 1.29 is 9.90 Å². The van der Waals surface area contributed by atoms with Crippen LogP contribution in [0, 0.1) is 11.3 Å². The predicted molar refractivity (Wildman–Crippen MR) is 77.1 cm³/mol. The summed E-state index contributed by atoms with van der Waals surface area (Å²) in [6, 6.07) is 10.9. The number of nitrogens with zero attached hydrogens (tertiary/aromatic N) is 3. The Hall–Kier alpha value is -2.87. The molecular weight excluding hydrogens is 266 g/mol. The molecule has 0 unspecified atom stereocenters. The molecule has 2 aromatic rings. The van der Waals surface area contributed by atoms with Gasteiger partial charge in [-0.15, -0.1) is 0 Å². The molecule has 0 saturated carbocycles. The lowest BCUT2D eigenvalue weighted by Gasteiger charge is -2.30. The number of nitriles is 1. The number of carbonyl (C=O) groups is 1. The molecule has 0 bridgehead atoms. The third kappa shape index (κ3) is 2.56. The van der Waals surface area contributed by atoms with Crippen molar-refractivity contribution in [2.24, 2.45) is 0 Å². The lowest BCUT2D eigenvalue weighted by molar-refractivity contribution is 0.0696. The van der Waals surface area contributed by atoms with Gasteiger partial charge in [0.1, 0.15) is 11.9 Å². The fourth-order valence-electron chi connectivity index (χ4n) is 2.52. The van der Waals surface area contributed by atoms with Gasteiger partial charge in [-0.05, 0) is 41.8 Å². The molecule has 0 spiro atoms. The Morgan fingerprint density at radius 3 is 2.81 bits per heavy atom. The Bertz CT molecular complexity index is 732. The molecule has 0 atom stereocenters. The first kappa shape index (κ1) is 13.1. The second-order valence-corrected chi connectivity index (χ2v) is 4.98. The minimum absolute atomic E-state index is 0.309.